The average Bonchev–Trinajstić information content (AvgIpc) is 2.81. The number of piperazine rings is 1. The Morgan fingerprint density at radius 2 is 1.97 bits per heavy atom. The van der Waals surface area contributed by atoms with Crippen LogP contribution in [0.2, 0.25) is 0 Å². The summed E-state index contributed by atoms with van der Waals surface area (Å²) in [5.74, 6) is 0.473. The number of ether oxygens (including phenoxy) is 1. The van der Waals surface area contributed by atoms with E-state index in [1.807, 2.05) is 11.0 Å². The number of alkyl halides is 3. The second kappa shape index (κ2) is 10.6. The van der Waals surface area contributed by atoms with Gasteiger partial charge in [-0.05, 0) is 13.0 Å². The molecule has 1 amide bonds. The number of nitriles is 1. The number of H-pyrrole nitrogens is 1. The lowest BCUT2D eigenvalue weighted by molar-refractivity contribution is -0.138. The van der Waals surface area contributed by atoms with Crippen molar-refractivity contribution in [2.24, 2.45) is 0 Å². The maximum atomic E-state index is 13.1. The summed E-state index contributed by atoms with van der Waals surface area (Å²) in [6, 6.07) is 1.35. The fourth-order valence-corrected chi connectivity index (χ4v) is 3.18. The van der Waals surface area contributed by atoms with E-state index >= 15 is 0 Å². The van der Waals surface area contributed by atoms with Crippen LogP contribution >= 0.6 is 0 Å². The van der Waals surface area contributed by atoms with Gasteiger partial charge < -0.3 is 19.9 Å². The van der Waals surface area contributed by atoms with Crippen molar-refractivity contribution in [3.8, 4) is 6.07 Å². The Hall–Kier alpha value is -4.15. The Morgan fingerprint density at radius 3 is 2.59 bits per heavy atom. The Labute approximate surface area is 191 Å². The molecule has 180 valence electrons. The molecular weight excluding hydrogens is 457 g/mol. The molecule has 2 aromatic rings. The van der Waals surface area contributed by atoms with Crippen LogP contribution in [-0.4, -0.2) is 70.0 Å². The Balaban J connectivity index is 1.45. The Kier molecular flexibility index (Phi) is 7.67. The number of hydrogen-bond donors (Lipinski definition) is 2. The minimum Gasteiger partial charge on any atom is -0.445 e. The van der Waals surface area contributed by atoms with Crippen LogP contribution in [0.3, 0.4) is 0 Å². The topological polar surface area (TPSA) is 140 Å². The van der Waals surface area contributed by atoms with E-state index < -0.39 is 35.1 Å². The summed E-state index contributed by atoms with van der Waals surface area (Å²) in [6.45, 7) is 3.25. The third-order valence-corrected chi connectivity index (χ3v) is 4.84. The predicted molar refractivity (Wildman–Crippen MR) is 114 cm³/mol. The summed E-state index contributed by atoms with van der Waals surface area (Å²) in [5.41, 5.74) is -2.79. The van der Waals surface area contributed by atoms with E-state index in [1.165, 1.54) is 29.4 Å². The van der Waals surface area contributed by atoms with Crippen molar-refractivity contribution >= 4 is 17.7 Å². The van der Waals surface area contributed by atoms with E-state index in [0.29, 0.717) is 37.7 Å². The van der Waals surface area contributed by atoms with Gasteiger partial charge in [0.2, 0.25) is 5.95 Å². The molecule has 2 N–H and O–H groups in total. The standard InChI is InChI=1S/C20H21F3N8O3/c1-13(28-15-12-27-29-17(32)16(15)20(21,22)23)3-2-8-34-19(33)31-6-4-30(5-7-31)18-25-10-14(9-24)11-26-18/h2-3,10-13H,4-8H2,1H3,(H2,28,29,32)/b3-2+. The van der Waals surface area contributed by atoms with Crippen molar-refractivity contribution in [2.75, 3.05) is 43.0 Å². The Bertz CT molecular complexity index is 1120. The maximum Gasteiger partial charge on any atom is 0.423 e. The molecule has 3 heterocycles. The number of carbonyl (C=O) groups is 1. The lowest BCUT2D eigenvalue weighted by atomic mass is 10.2. The first-order chi connectivity index (χ1) is 16.2. The lowest BCUT2D eigenvalue weighted by Gasteiger charge is -2.33. The van der Waals surface area contributed by atoms with Crippen LogP contribution in [0, 0.1) is 11.3 Å². The number of aromatic amines is 1. The molecule has 34 heavy (non-hydrogen) atoms. The number of nitrogens with one attached hydrogen (secondary N) is 2. The molecule has 11 nitrogen and oxygen atoms in total. The number of halogens is 3. The molecule has 0 bridgehead atoms. The van der Waals surface area contributed by atoms with Crippen LogP contribution in [0.4, 0.5) is 29.6 Å². The van der Waals surface area contributed by atoms with Gasteiger partial charge >= 0.3 is 12.3 Å². The van der Waals surface area contributed by atoms with Crippen LogP contribution in [-0.2, 0) is 10.9 Å². The monoisotopic (exact) mass is 478 g/mol. The van der Waals surface area contributed by atoms with Crippen molar-refractivity contribution in [2.45, 2.75) is 19.1 Å². The van der Waals surface area contributed by atoms with E-state index in [-0.39, 0.29) is 6.61 Å². The maximum absolute atomic E-state index is 13.1. The normalized spacial score (nSPS) is 15.1. The van der Waals surface area contributed by atoms with Crippen LogP contribution in [0.15, 0.2) is 35.5 Å². The average molecular weight is 478 g/mol. The summed E-state index contributed by atoms with van der Waals surface area (Å²) in [4.78, 5) is 35.4. The number of rotatable bonds is 6. The summed E-state index contributed by atoms with van der Waals surface area (Å²) < 4.78 is 44.5. The van der Waals surface area contributed by atoms with Crippen molar-refractivity contribution in [1.29, 1.82) is 5.26 Å². The van der Waals surface area contributed by atoms with E-state index in [0.717, 1.165) is 6.20 Å². The molecular formula is C20H21F3N8O3. The third-order valence-electron chi connectivity index (χ3n) is 4.84. The first-order valence-electron chi connectivity index (χ1n) is 10.2. The number of carbonyl (C=O) groups excluding carboxylic acids is 1. The van der Waals surface area contributed by atoms with Gasteiger partial charge in [-0.2, -0.15) is 23.5 Å². The summed E-state index contributed by atoms with van der Waals surface area (Å²) in [6.07, 6.45) is 1.39. The number of nitrogens with zero attached hydrogens (tertiary/aromatic N) is 6. The van der Waals surface area contributed by atoms with Gasteiger partial charge in [0.05, 0.1) is 29.8 Å². The first kappa shape index (κ1) is 24.5. The number of hydrogen-bond acceptors (Lipinski definition) is 9. The molecule has 1 atom stereocenters. The fraction of sp³-hybridized carbons (Fsp3) is 0.400. The van der Waals surface area contributed by atoms with Gasteiger partial charge in [-0.15, -0.1) is 0 Å². The molecule has 2 aromatic heterocycles. The quantitative estimate of drug-likeness (QED) is 0.594. The second-order valence-electron chi connectivity index (χ2n) is 7.28. The zero-order chi connectivity index (χ0) is 24.7. The van der Waals surface area contributed by atoms with Gasteiger partial charge in [-0.1, -0.05) is 6.08 Å². The van der Waals surface area contributed by atoms with E-state index in [2.05, 4.69) is 20.4 Å². The van der Waals surface area contributed by atoms with Crippen LogP contribution in [0.1, 0.15) is 18.1 Å². The minimum absolute atomic E-state index is 0.0798. The van der Waals surface area contributed by atoms with Gasteiger partial charge in [0.25, 0.3) is 5.56 Å². The van der Waals surface area contributed by atoms with Crippen LogP contribution < -0.4 is 15.8 Å². The van der Waals surface area contributed by atoms with E-state index in [9.17, 15) is 22.8 Å². The van der Waals surface area contributed by atoms with Crippen molar-refractivity contribution in [3.63, 3.8) is 0 Å². The summed E-state index contributed by atoms with van der Waals surface area (Å²) >= 11 is 0. The molecule has 1 aliphatic heterocycles. The third kappa shape index (κ3) is 6.21. The Morgan fingerprint density at radius 1 is 1.29 bits per heavy atom. The zero-order valence-electron chi connectivity index (χ0n) is 18.0. The van der Waals surface area contributed by atoms with Crippen molar-refractivity contribution in [1.82, 2.24) is 25.1 Å². The number of anilines is 2. The molecule has 1 aliphatic rings. The fourth-order valence-electron chi connectivity index (χ4n) is 3.18. The molecule has 3 rings (SSSR count). The highest BCUT2D eigenvalue weighted by atomic mass is 19.4. The second-order valence-corrected chi connectivity index (χ2v) is 7.28. The number of amides is 1. The van der Waals surface area contributed by atoms with Crippen LogP contribution in [0.5, 0.6) is 0 Å². The highest BCUT2D eigenvalue weighted by Gasteiger charge is 2.37. The molecule has 1 saturated heterocycles. The molecule has 0 aromatic carbocycles. The SMILES string of the molecule is CC(/C=C/COC(=O)N1CCN(c2ncc(C#N)cn2)CC1)Nc1cn[nH]c(=O)c1C(F)(F)F. The molecule has 14 heteroatoms. The zero-order valence-corrected chi connectivity index (χ0v) is 18.0. The van der Waals surface area contributed by atoms with Gasteiger partial charge in [-0.25, -0.2) is 19.9 Å². The summed E-state index contributed by atoms with van der Waals surface area (Å²) in [7, 11) is 0. The highest BCUT2D eigenvalue weighted by Crippen LogP contribution is 2.31. The molecule has 0 saturated carbocycles. The predicted octanol–water partition coefficient (Wildman–Crippen LogP) is 1.77. The molecule has 0 radical (unpaired) electrons. The molecule has 1 fully saturated rings. The number of aromatic nitrogens is 4. The highest BCUT2D eigenvalue weighted by molar-refractivity contribution is 5.68. The summed E-state index contributed by atoms with van der Waals surface area (Å²) in [5, 5.41) is 16.5. The van der Waals surface area contributed by atoms with Gasteiger partial charge in [0.15, 0.2) is 0 Å². The van der Waals surface area contributed by atoms with Gasteiger partial charge in [0.1, 0.15) is 18.2 Å². The first-order valence-corrected chi connectivity index (χ1v) is 10.2. The van der Waals surface area contributed by atoms with E-state index in [1.54, 1.807) is 12.0 Å². The minimum atomic E-state index is -4.84. The van der Waals surface area contributed by atoms with E-state index in [4.69, 9.17) is 10.00 Å². The largest absolute Gasteiger partial charge is 0.445 e. The van der Waals surface area contributed by atoms with Crippen LogP contribution in [0.25, 0.3) is 0 Å². The van der Waals surface area contributed by atoms with Gasteiger partial charge in [-0.3, -0.25) is 4.79 Å². The van der Waals surface area contributed by atoms with Gasteiger partial charge in [0, 0.05) is 32.2 Å². The molecule has 1 unspecified atom stereocenters. The smallest absolute Gasteiger partial charge is 0.423 e. The lowest BCUT2D eigenvalue weighted by Crippen LogP contribution is -2.49. The molecule has 0 aliphatic carbocycles. The molecule has 0 spiro atoms. The van der Waals surface area contributed by atoms with Crippen molar-refractivity contribution < 1.29 is 22.7 Å². The van der Waals surface area contributed by atoms with Crippen molar-refractivity contribution in [3.05, 3.63) is 52.2 Å².